The van der Waals surface area contributed by atoms with Crippen molar-refractivity contribution in [2.75, 3.05) is 0 Å². The predicted octanol–water partition coefficient (Wildman–Crippen LogP) is 4.72. The van der Waals surface area contributed by atoms with Gasteiger partial charge in [0.1, 0.15) is 22.6 Å². The first-order valence-corrected chi connectivity index (χ1v) is 7.66. The van der Waals surface area contributed by atoms with Crippen molar-refractivity contribution in [3.63, 3.8) is 0 Å². The van der Waals surface area contributed by atoms with Gasteiger partial charge in [-0.05, 0) is 48.0 Å². The summed E-state index contributed by atoms with van der Waals surface area (Å²) in [6.07, 6.45) is 1.71. The smallest absolute Gasteiger partial charge is 0.134 e. The summed E-state index contributed by atoms with van der Waals surface area (Å²) in [4.78, 5) is 4.45. The Morgan fingerprint density at radius 3 is 2.48 bits per heavy atom. The van der Waals surface area contributed by atoms with E-state index in [1.54, 1.807) is 42.5 Å². The lowest BCUT2D eigenvalue weighted by molar-refractivity contribution is 0.475. The molecule has 112 valence electrons. The molecule has 0 unspecified atom stereocenters. The number of aromatic nitrogens is 1. The van der Waals surface area contributed by atoms with Crippen LogP contribution in [0.5, 0.6) is 5.75 Å². The molecule has 0 saturated carbocycles. The lowest BCUT2D eigenvalue weighted by atomic mass is 10.1. The van der Waals surface area contributed by atoms with Crippen LogP contribution in [0.1, 0.15) is 10.6 Å². The fraction of sp³-hybridized carbons (Fsp3) is 0. The van der Waals surface area contributed by atoms with Gasteiger partial charge < -0.3 is 5.11 Å². The summed E-state index contributed by atoms with van der Waals surface area (Å²) >= 11 is 1.36. The molecule has 0 aliphatic carbocycles. The van der Waals surface area contributed by atoms with Crippen molar-refractivity contribution < 1.29 is 9.50 Å². The average molecular weight is 322 g/mol. The average Bonchev–Trinajstić information content (AvgIpc) is 3.05. The summed E-state index contributed by atoms with van der Waals surface area (Å²) in [5.74, 6) is -0.123. The molecule has 0 radical (unpaired) electrons. The minimum Gasteiger partial charge on any atom is -0.508 e. The van der Waals surface area contributed by atoms with Crippen molar-refractivity contribution in [1.29, 1.82) is 5.26 Å². The molecule has 3 aromatic rings. The van der Waals surface area contributed by atoms with E-state index in [0.29, 0.717) is 16.3 Å². The van der Waals surface area contributed by atoms with Gasteiger partial charge in [0.2, 0.25) is 0 Å². The zero-order valence-corrected chi connectivity index (χ0v) is 12.7. The molecule has 0 bridgehead atoms. The normalized spacial score (nSPS) is 11.2. The third-order valence-electron chi connectivity index (χ3n) is 3.20. The Morgan fingerprint density at radius 2 is 1.83 bits per heavy atom. The number of rotatable bonds is 3. The third-order valence-corrected chi connectivity index (χ3v) is 4.07. The van der Waals surface area contributed by atoms with Crippen molar-refractivity contribution >= 4 is 23.0 Å². The maximum absolute atomic E-state index is 13.0. The number of benzene rings is 2. The third kappa shape index (κ3) is 3.44. The molecule has 1 aromatic heterocycles. The number of allylic oxidation sites excluding steroid dienone is 1. The monoisotopic (exact) mass is 322 g/mol. The number of aromatic hydroxyl groups is 1. The van der Waals surface area contributed by atoms with E-state index < -0.39 is 0 Å². The minimum absolute atomic E-state index is 0.175. The van der Waals surface area contributed by atoms with Crippen molar-refractivity contribution in [3.8, 4) is 23.1 Å². The molecule has 2 aromatic carbocycles. The molecule has 0 amide bonds. The van der Waals surface area contributed by atoms with Gasteiger partial charge in [0.25, 0.3) is 0 Å². The zero-order valence-electron chi connectivity index (χ0n) is 11.9. The summed E-state index contributed by atoms with van der Waals surface area (Å²) in [5, 5.41) is 21.1. The van der Waals surface area contributed by atoms with E-state index in [0.717, 1.165) is 11.1 Å². The van der Waals surface area contributed by atoms with E-state index in [2.05, 4.69) is 11.1 Å². The fourth-order valence-electron chi connectivity index (χ4n) is 2.03. The van der Waals surface area contributed by atoms with Gasteiger partial charge in [0.05, 0.1) is 11.3 Å². The number of hydrogen-bond donors (Lipinski definition) is 1. The highest BCUT2D eigenvalue weighted by molar-refractivity contribution is 7.11. The molecule has 0 aliphatic heterocycles. The van der Waals surface area contributed by atoms with Crippen LogP contribution in [0.15, 0.2) is 53.9 Å². The van der Waals surface area contributed by atoms with Crippen molar-refractivity contribution in [2.45, 2.75) is 0 Å². The molecular weight excluding hydrogens is 311 g/mol. The van der Waals surface area contributed by atoms with Crippen LogP contribution < -0.4 is 0 Å². The summed E-state index contributed by atoms with van der Waals surface area (Å²) in [5.41, 5.74) is 2.75. The number of phenolic OH excluding ortho intramolecular Hbond substituents is 1. The van der Waals surface area contributed by atoms with Gasteiger partial charge >= 0.3 is 0 Å². The van der Waals surface area contributed by atoms with Crippen molar-refractivity contribution in [1.82, 2.24) is 4.98 Å². The topological polar surface area (TPSA) is 56.9 Å². The Labute approximate surface area is 136 Å². The summed E-state index contributed by atoms with van der Waals surface area (Å²) in [7, 11) is 0. The van der Waals surface area contributed by atoms with Crippen LogP contribution in [0.4, 0.5) is 4.39 Å². The highest BCUT2D eigenvalue weighted by Crippen LogP contribution is 2.27. The second-order valence-electron chi connectivity index (χ2n) is 4.81. The van der Waals surface area contributed by atoms with Crippen LogP contribution in [0.3, 0.4) is 0 Å². The Kier molecular flexibility index (Phi) is 4.18. The summed E-state index contributed by atoms with van der Waals surface area (Å²) < 4.78 is 13.0. The van der Waals surface area contributed by atoms with Crippen LogP contribution in [-0.4, -0.2) is 10.1 Å². The molecule has 0 aliphatic rings. The highest BCUT2D eigenvalue weighted by atomic mass is 32.1. The number of nitriles is 1. The molecule has 0 fully saturated rings. The number of halogens is 1. The Balaban J connectivity index is 1.92. The fourth-order valence-corrected chi connectivity index (χ4v) is 2.82. The number of hydrogen-bond acceptors (Lipinski definition) is 4. The molecule has 3 nitrogen and oxygen atoms in total. The zero-order chi connectivity index (χ0) is 16.2. The maximum Gasteiger partial charge on any atom is 0.134 e. The van der Waals surface area contributed by atoms with E-state index in [1.165, 1.54) is 23.5 Å². The van der Waals surface area contributed by atoms with E-state index >= 15 is 0 Å². The highest BCUT2D eigenvalue weighted by Gasteiger charge is 2.09. The Morgan fingerprint density at radius 1 is 1.13 bits per heavy atom. The molecule has 1 N–H and O–H groups in total. The molecule has 3 rings (SSSR count). The number of nitrogens with zero attached hydrogens (tertiary/aromatic N) is 2. The molecular formula is C18H11FN2OS. The largest absolute Gasteiger partial charge is 0.508 e. The van der Waals surface area contributed by atoms with Gasteiger partial charge in [-0.25, -0.2) is 9.37 Å². The number of phenols is 1. The van der Waals surface area contributed by atoms with Crippen molar-refractivity contribution in [2.24, 2.45) is 0 Å². The van der Waals surface area contributed by atoms with Crippen LogP contribution in [0.2, 0.25) is 0 Å². The van der Waals surface area contributed by atoms with Crippen LogP contribution in [0.25, 0.3) is 22.9 Å². The second-order valence-corrected chi connectivity index (χ2v) is 5.66. The van der Waals surface area contributed by atoms with Gasteiger partial charge in [0.15, 0.2) is 0 Å². The molecule has 0 saturated heterocycles. The van der Waals surface area contributed by atoms with Gasteiger partial charge in [0, 0.05) is 10.9 Å². The quantitative estimate of drug-likeness (QED) is 0.710. The van der Waals surface area contributed by atoms with Crippen LogP contribution >= 0.6 is 11.3 Å². The van der Waals surface area contributed by atoms with Gasteiger partial charge in [-0.2, -0.15) is 5.26 Å². The lowest BCUT2D eigenvalue weighted by Crippen LogP contribution is -1.83. The van der Waals surface area contributed by atoms with Crippen molar-refractivity contribution in [3.05, 3.63) is 70.3 Å². The van der Waals surface area contributed by atoms with Crippen LogP contribution in [-0.2, 0) is 0 Å². The lowest BCUT2D eigenvalue weighted by Gasteiger charge is -1.97. The first-order valence-electron chi connectivity index (χ1n) is 6.78. The second kappa shape index (κ2) is 6.42. The number of thiazole rings is 1. The van der Waals surface area contributed by atoms with Gasteiger partial charge in [-0.15, -0.1) is 11.3 Å². The van der Waals surface area contributed by atoms with E-state index in [9.17, 15) is 14.8 Å². The standard InChI is InChI=1S/C18H11FN2OS/c19-15-5-3-13(4-6-15)17-11-23-18(21-17)14(10-20)9-12-1-7-16(22)8-2-12/h1-9,11,22H/b14-9-. The first-order chi connectivity index (χ1) is 11.2. The molecule has 1 heterocycles. The molecule has 23 heavy (non-hydrogen) atoms. The molecule has 0 atom stereocenters. The van der Waals surface area contributed by atoms with Gasteiger partial charge in [-0.3, -0.25) is 0 Å². The Bertz CT molecular complexity index is 890. The van der Waals surface area contributed by atoms with E-state index in [4.69, 9.17) is 0 Å². The SMILES string of the molecule is N#C/C(=C/c1ccc(O)cc1)c1nc(-c2ccc(F)cc2)cs1. The molecule has 0 spiro atoms. The van der Waals surface area contributed by atoms with E-state index in [1.807, 2.05) is 5.38 Å². The van der Waals surface area contributed by atoms with E-state index in [-0.39, 0.29) is 11.6 Å². The Hall–Kier alpha value is -2.97. The van der Waals surface area contributed by atoms with Crippen LogP contribution in [0, 0.1) is 17.1 Å². The summed E-state index contributed by atoms with van der Waals surface area (Å²) in [6, 6.07) is 14.8. The first kappa shape index (κ1) is 14.9. The predicted molar refractivity (Wildman–Crippen MR) is 89.1 cm³/mol. The molecule has 5 heteroatoms. The van der Waals surface area contributed by atoms with Gasteiger partial charge in [-0.1, -0.05) is 12.1 Å². The minimum atomic E-state index is -0.297. The summed E-state index contributed by atoms with van der Waals surface area (Å²) in [6.45, 7) is 0. The maximum atomic E-state index is 13.0.